The predicted molar refractivity (Wildman–Crippen MR) is 135 cm³/mol. The van der Waals surface area contributed by atoms with E-state index in [2.05, 4.69) is 0 Å². The van der Waals surface area contributed by atoms with Gasteiger partial charge in [0.05, 0.1) is 0 Å². The summed E-state index contributed by atoms with van der Waals surface area (Å²) in [6, 6.07) is 0. The average molecular weight is 826 g/mol. The number of hydrogen-bond acceptors (Lipinski definition) is 2. The van der Waals surface area contributed by atoms with Gasteiger partial charge in [-0.05, 0) is 0 Å². The summed E-state index contributed by atoms with van der Waals surface area (Å²) in [7, 11) is -20.6. The third kappa shape index (κ3) is 3.85. The van der Waals surface area contributed by atoms with Crippen molar-refractivity contribution in [3.05, 3.63) is 116 Å². The Hall–Kier alpha value is -3.88. The van der Waals surface area contributed by atoms with Crippen LogP contribution in [0.15, 0.2) is 0 Å². The maximum absolute atomic E-state index is 18.7. The molecule has 5 rings (SSSR count). The van der Waals surface area contributed by atoms with Crippen LogP contribution in [0.4, 0.5) is 96.2 Å². The fourth-order valence-corrected chi connectivity index (χ4v) is 21.0. The fraction of sp³-hybridized carbons (Fsp3) is 0.0769. The van der Waals surface area contributed by atoms with Crippen LogP contribution in [0.5, 0.6) is 0 Å². The Bertz CT molecular complexity index is 1900. The second-order valence-corrected chi connectivity index (χ2v) is 19.0. The molecule has 2 nitrogen and oxygen atoms in total. The van der Waals surface area contributed by atoms with Crippen LogP contribution >= 0.6 is 14.4 Å². The normalized spacial score (nSPS) is 19.5. The van der Waals surface area contributed by atoms with E-state index in [9.17, 15) is 52.7 Å². The fourth-order valence-electron chi connectivity index (χ4n) is 6.09. The number of benzene rings is 4. The van der Waals surface area contributed by atoms with E-state index in [1.807, 2.05) is 0 Å². The molecule has 0 bridgehead atoms. The van der Waals surface area contributed by atoms with Gasteiger partial charge in [-0.25, -0.2) is 0 Å². The summed E-state index contributed by atoms with van der Waals surface area (Å²) in [5.74, 6) is -71.0. The van der Waals surface area contributed by atoms with Crippen LogP contribution in [0.3, 0.4) is 0 Å². The molecule has 0 amide bonds. The van der Waals surface area contributed by atoms with E-state index < -0.39 is 175 Å². The van der Waals surface area contributed by atoms with Gasteiger partial charge in [-0.15, -0.1) is 0 Å². The predicted octanol–water partition coefficient (Wildman–Crippen LogP) is 8.48. The number of rotatable bonds is 4. The second kappa shape index (κ2) is 11.3. The first-order chi connectivity index (χ1) is 23.7. The van der Waals surface area contributed by atoms with Crippen LogP contribution in [0, 0.1) is 116 Å². The molecule has 1 heterocycles. The van der Waals surface area contributed by atoms with Crippen molar-refractivity contribution in [3.63, 3.8) is 0 Å². The standard InChI is InChI=1S/C26H6F22N2P2/c1-49-51(47,23-15(39)7(31)3(27)8(32)16(23)40,24-17(41)9(33)4(28)10(34)18(24)42)50(2)52(49,48,25-19(43)11(35)5(29)12(36)20(25)44)26-21(45)13(37)6(30)14(38)22(26)46/h1-2H3. The van der Waals surface area contributed by atoms with E-state index in [0.29, 0.717) is 0 Å². The molecule has 0 saturated carbocycles. The third-order valence-electron chi connectivity index (χ3n) is 8.44. The van der Waals surface area contributed by atoms with Gasteiger partial charge in [-0.1, -0.05) is 0 Å². The van der Waals surface area contributed by atoms with Gasteiger partial charge in [0, 0.05) is 0 Å². The Morgan fingerprint density at radius 1 is 0.231 bits per heavy atom. The van der Waals surface area contributed by atoms with Gasteiger partial charge < -0.3 is 0 Å². The summed E-state index contributed by atoms with van der Waals surface area (Å²) in [4.78, 5) is 0. The van der Waals surface area contributed by atoms with Crippen molar-refractivity contribution in [2.24, 2.45) is 0 Å². The van der Waals surface area contributed by atoms with Crippen LogP contribution in [0.2, 0.25) is 0 Å². The van der Waals surface area contributed by atoms with Crippen LogP contribution in [0.1, 0.15) is 0 Å². The van der Waals surface area contributed by atoms with Gasteiger partial charge in [0.25, 0.3) is 0 Å². The first-order valence-electron chi connectivity index (χ1n) is 12.7. The zero-order valence-electron chi connectivity index (χ0n) is 24.1. The van der Waals surface area contributed by atoms with Crippen molar-refractivity contribution < 1.29 is 96.2 Å². The van der Waals surface area contributed by atoms with Crippen molar-refractivity contribution in [1.29, 1.82) is 0 Å². The van der Waals surface area contributed by atoms with Crippen molar-refractivity contribution in [1.82, 2.24) is 8.88 Å². The molecule has 0 unspecified atom stereocenters. The molecule has 0 aliphatic carbocycles. The van der Waals surface area contributed by atoms with Gasteiger partial charge in [0.15, 0.2) is 0 Å². The zero-order chi connectivity index (χ0) is 39.9. The van der Waals surface area contributed by atoms with Gasteiger partial charge in [-0.3, -0.25) is 0 Å². The Kier molecular flexibility index (Phi) is 8.56. The number of nitrogens with zero attached hydrogens (tertiary/aromatic N) is 2. The summed E-state index contributed by atoms with van der Waals surface area (Å²) in [5.41, 5.74) is 0. The Balaban J connectivity index is 2.27. The molecule has 0 radical (unpaired) electrons. The average Bonchev–Trinajstić information content (AvgIpc) is 3.10. The van der Waals surface area contributed by atoms with Crippen LogP contribution < -0.4 is 21.2 Å². The van der Waals surface area contributed by atoms with E-state index >= 15 is 43.5 Å². The van der Waals surface area contributed by atoms with Crippen molar-refractivity contribution in [3.8, 4) is 0 Å². The van der Waals surface area contributed by atoms with E-state index in [4.69, 9.17) is 0 Å². The monoisotopic (exact) mass is 826 g/mol. The van der Waals surface area contributed by atoms with Crippen LogP contribution in [0.25, 0.3) is 0 Å². The van der Waals surface area contributed by atoms with Gasteiger partial charge in [-0.2, -0.15) is 0 Å². The Labute approximate surface area is 271 Å². The zero-order valence-corrected chi connectivity index (χ0v) is 25.9. The SMILES string of the molecule is CN1P(F)(c2c(F)c(F)c(F)c(F)c2F)(c2c(F)c(F)c(F)c(F)c2F)N(C)P1(F)(c1c(F)c(F)c(F)c(F)c1F)c1c(F)c(F)c(F)c(F)c1F. The van der Waals surface area contributed by atoms with E-state index in [1.54, 1.807) is 0 Å². The van der Waals surface area contributed by atoms with Crippen LogP contribution in [-0.4, -0.2) is 23.0 Å². The molecule has 0 N–H and O–H groups in total. The molecular weight excluding hydrogens is 820 g/mol. The molecule has 0 aromatic heterocycles. The first kappa shape index (κ1) is 39.3. The molecule has 1 saturated heterocycles. The van der Waals surface area contributed by atoms with Crippen molar-refractivity contribution in [2.75, 3.05) is 14.1 Å². The Morgan fingerprint density at radius 3 is 0.442 bits per heavy atom. The summed E-state index contributed by atoms with van der Waals surface area (Å²) >= 11 is 0. The molecule has 4 aromatic carbocycles. The molecule has 1 aliphatic rings. The van der Waals surface area contributed by atoms with Gasteiger partial charge >= 0.3 is 271 Å². The van der Waals surface area contributed by atoms with E-state index in [1.165, 1.54) is 0 Å². The quantitative estimate of drug-likeness (QED) is 0.0883. The van der Waals surface area contributed by atoms with E-state index in [-0.39, 0.29) is 0 Å². The molecule has 1 aliphatic heterocycles. The molecule has 52 heavy (non-hydrogen) atoms. The second-order valence-electron chi connectivity index (χ2n) is 10.5. The van der Waals surface area contributed by atoms with Crippen molar-refractivity contribution >= 4 is 35.6 Å². The topological polar surface area (TPSA) is 6.48 Å². The van der Waals surface area contributed by atoms with Crippen molar-refractivity contribution in [2.45, 2.75) is 0 Å². The number of hydrogen-bond donors (Lipinski definition) is 0. The van der Waals surface area contributed by atoms with Gasteiger partial charge in [0.1, 0.15) is 0 Å². The van der Waals surface area contributed by atoms with Gasteiger partial charge in [0.2, 0.25) is 0 Å². The minimum absolute atomic E-state index is 0.845. The molecule has 26 heteroatoms. The third-order valence-corrected chi connectivity index (χ3v) is 21.3. The molecule has 0 atom stereocenters. The Morgan fingerprint density at radius 2 is 0.327 bits per heavy atom. The first-order valence-corrected chi connectivity index (χ1v) is 16.8. The molecule has 0 spiro atoms. The molecular formula is C26H6F22N2P2. The number of halogens is 22. The summed E-state index contributed by atoms with van der Waals surface area (Å²) in [6.07, 6.45) is 0. The summed E-state index contributed by atoms with van der Waals surface area (Å²) < 4.78 is 331. The van der Waals surface area contributed by atoms with Crippen LogP contribution in [-0.2, 0) is 0 Å². The van der Waals surface area contributed by atoms with E-state index in [0.717, 1.165) is 0 Å². The maximum atomic E-state index is 18.7. The minimum atomic E-state index is -9.45. The molecule has 284 valence electrons. The molecule has 4 aromatic rings. The summed E-state index contributed by atoms with van der Waals surface area (Å²) in [5, 5.41) is -14.4. The molecule has 1 fully saturated rings. The summed E-state index contributed by atoms with van der Waals surface area (Å²) in [6.45, 7) is 0.